The first-order valence-electron chi connectivity index (χ1n) is 4.48. The molecular weight excluding hydrogens is 296 g/mol. The average molecular weight is 310 g/mol. The molecule has 4 heteroatoms. The third kappa shape index (κ3) is 3.97. The van der Waals surface area contributed by atoms with E-state index < -0.39 is 8.07 Å². The molecule has 0 nitrogen and oxygen atoms in total. The molecule has 0 aliphatic rings. The Labute approximate surface area is 105 Å². The van der Waals surface area contributed by atoms with Crippen LogP contribution in [0.15, 0.2) is 33.6 Å². The molecule has 0 aliphatic carbocycles. The highest BCUT2D eigenvalue weighted by atomic mass is 79.9. The van der Waals surface area contributed by atoms with E-state index >= 15 is 0 Å². The summed E-state index contributed by atoms with van der Waals surface area (Å²) in [5.41, 5.74) is 0.838. The van der Waals surface area contributed by atoms with Crippen LogP contribution >= 0.6 is 39.3 Å². The van der Waals surface area contributed by atoms with E-state index in [1.807, 2.05) is 17.8 Å². The highest BCUT2D eigenvalue weighted by molar-refractivity contribution is 9.10. The number of hydrogen-bond acceptors (Lipinski definition) is 1. The van der Waals surface area contributed by atoms with E-state index in [-0.39, 0.29) is 0 Å². The Kier molecular flexibility index (Phi) is 5.04. The zero-order chi connectivity index (χ0) is 10.6. The lowest BCUT2D eigenvalue weighted by atomic mass is 10.4. The molecule has 1 aromatic rings. The molecule has 1 rings (SSSR count). The molecular formula is C10H14BrClSSi. The summed E-state index contributed by atoms with van der Waals surface area (Å²) in [6.07, 6.45) is 0. The Morgan fingerprint density at radius 1 is 1.36 bits per heavy atom. The Hall–Kier alpha value is 0.557. The first-order valence-corrected chi connectivity index (χ1v) is 10.2. The molecule has 0 radical (unpaired) electrons. The smallest absolute Gasteiger partial charge is 0.0744 e. The van der Waals surface area contributed by atoms with Crippen LogP contribution < -0.4 is 0 Å². The molecule has 1 aromatic carbocycles. The lowest BCUT2D eigenvalue weighted by Crippen LogP contribution is -2.32. The summed E-state index contributed by atoms with van der Waals surface area (Å²) >= 11 is 11.4. The lowest BCUT2D eigenvalue weighted by molar-refractivity contribution is 1.41. The summed E-state index contributed by atoms with van der Waals surface area (Å²) in [6.45, 7) is 4.65. The monoisotopic (exact) mass is 308 g/mol. The van der Waals surface area contributed by atoms with Crippen LogP contribution in [-0.2, 0) is 0 Å². The van der Waals surface area contributed by atoms with Gasteiger partial charge in [0.2, 0.25) is 0 Å². The van der Waals surface area contributed by atoms with Crippen molar-refractivity contribution in [2.45, 2.75) is 18.0 Å². The maximum Gasteiger partial charge on any atom is 0.0744 e. The van der Waals surface area contributed by atoms with Crippen molar-refractivity contribution in [2.24, 2.45) is 0 Å². The minimum absolute atomic E-state index is 0.838. The molecule has 0 saturated carbocycles. The van der Waals surface area contributed by atoms with E-state index in [1.54, 1.807) is 0 Å². The second kappa shape index (κ2) is 5.59. The number of benzene rings is 1. The van der Waals surface area contributed by atoms with E-state index in [9.17, 15) is 0 Å². The van der Waals surface area contributed by atoms with Crippen LogP contribution in [0.4, 0.5) is 0 Å². The van der Waals surface area contributed by atoms with Gasteiger partial charge in [-0.2, -0.15) is 0 Å². The number of alkyl halides is 1. The van der Waals surface area contributed by atoms with Gasteiger partial charge in [0.05, 0.1) is 8.07 Å². The summed E-state index contributed by atoms with van der Waals surface area (Å²) in [6, 6.07) is 8.34. The Balaban J connectivity index is 2.58. The zero-order valence-corrected chi connectivity index (χ0v) is 12.5. The molecule has 0 atom stereocenters. The fourth-order valence-corrected chi connectivity index (χ4v) is 5.07. The van der Waals surface area contributed by atoms with Crippen LogP contribution in [0.5, 0.6) is 0 Å². The summed E-state index contributed by atoms with van der Waals surface area (Å²) in [4.78, 5) is 1.32. The molecule has 0 heterocycles. The van der Waals surface area contributed by atoms with Crippen molar-refractivity contribution in [1.29, 1.82) is 0 Å². The fraction of sp³-hybridized carbons (Fsp3) is 0.400. The van der Waals surface area contributed by atoms with Gasteiger partial charge in [0.25, 0.3) is 0 Å². The van der Waals surface area contributed by atoms with Crippen molar-refractivity contribution in [3.63, 3.8) is 0 Å². The highest BCUT2D eigenvalue weighted by Gasteiger charge is 2.19. The second-order valence-electron chi connectivity index (χ2n) is 4.02. The molecule has 0 spiro atoms. The van der Waals surface area contributed by atoms with Crippen molar-refractivity contribution in [3.05, 3.63) is 28.7 Å². The van der Waals surface area contributed by atoms with Gasteiger partial charge in [-0.25, -0.2) is 0 Å². The first kappa shape index (κ1) is 12.6. The fourth-order valence-electron chi connectivity index (χ4n) is 0.873. The summed E-state index contributed by atoms with van der Waals surface area (Å²) < 4.78 is 1.18. The first-order chi connectivity index (χ1) is 6.55. The number of thioether (sulfide) groups is 1. The Morgan fingerprint density at radius 3 is 2.57 bits per heavy atom. The van der Waals surface area contributed by atoms with Crippen molar-refractivity contribution in [3.8, 4) is 0 Å². The average Bonchev–Trinajstić information content (AvgIpc) is 2.17. The minimum Gasteiger partial charge on any atom is -0.130 e. The van der Waals surface area contributed by atoms with E-state index in [4.69, 9.17) is 11.6 Å². The summed E-state index contributed by atoms with van der Waals surface area (Å²) in [7, 11) is -1.18. The van der Waals surface area contributed by atoms with Gasteiger partial charge < -0.3 is 0 Å². The van der Waals surface area contributed by atoms with Crippen molar-refractivity contribution in [2.75, 3.05) is 10.9 Å². The van der Waals surface area contributed by atoms with Crippen LogP contribution in [0.3, 0.4) is 0 Å². The SMILES string of the molecule is C[Si](C)(CCl)CSc1ccccc1Br. The molecule has 0 unspecified atom stereocenters. The molecule has 0 aromatic heterocycles. The summed E-state index contributed by atoms with van der Waals surface area (Å²) in [5, 5.41) is 1.18. The van der Waals surface area contributed by atoms with E-state index in [2.05, 4.69) is 47.2 Å². The third-order valence-electron chi connectivity index (χ3n) is 1.82. The maximum absolute atomic E-state index is 5.94. The number of hydrogen-bond donors (Lipinski definition) is 0. The van der Waals surface area contributed by atoms with Crippen LogP contribution in [0.25, 0.3) is 0 Å². The van der Waals surface area contributed by atoms with Crippen molar-refractivity contribution in [1.82, 2.24) is 0 Å². The predicted molar refractivity (Wildman–Crippen MR) is 73.1 cm³/mol. The number of rotatable bonds is 4. The molecule has 0 aliphatic heterocycles. The molecule has 0 amide bonds. The van der Waals surface area contributed by atoms with Crippen LogP contribution in [0.1, 0.15) is 0 Å². The van der Waals surface area contributed by atoms with E-state index in [0.29, 0.717) is 0 Å². The topological polar surface area (TPSA) is 0 Å². The molecule has 78 valence electrons. The standard InChI is InChI=1S/C10H14BrClSSi/c1-14(2,7-12)8-13-10-6-4-3-5-9(10)11/h3-6H,7-8H2,1-2H3. The van der Waals surface area contributed by atoms with Gasteiger partial charge in [-0.15, -0.1) is 23.4 Å². The molecule has 0 fully saturated rings. The van der Waals surface area contributed by atoms with Crippen LogP contribution in [-0.4, -0.2) is 19.0 Å². The lowest BCUT2D eigenvalue weighted by Gasteiger charge is -2.18. The van der Waals surface area contributed by atoms with Gasteiger partial charge in [0, 0.05) is 14.9 Å². The second-order valence-corrected chi connectivity index (χ2v) is 12.2. The molecule has 0 N–H and O–H groups in total. The van der Waals surface area contributed by atoms with Gasteiger partial charge >= 0.3 is 0 Å². The van der Waals surface area contributed by atoms with E-state index in [0.717, 1.165) is 5.50 Å². The Morgan fingerprint density at radius 2 is 2.00 bits per heavy atom. The third-order valence-corrected chi connectivity index (χ3v) is 10.0. The Bertz CT molecular complexity index is 304. The van der Waals surface area contributed by atoms with Gasteiger partial charge in [0.1, 0.15) is 0 Å². The van der Waals surface area contributed by atoms with Gasteiger partial charge in [-0.05, 0) is 33.4 Å². The normalized spacial score (nSPS) is 11.7. The van der Waals surface area contributed by atoms with Gasteiger partial charge in [-0.3, -0.25) is 0 Å². The zero-order valence-electron chi connectivity index (χ0n) is 8.39. The summed E-state index contributed by atoms with van der Waals surface area (Å²) in [5.74, 6) is 0. The quantitative estimate of drug-likeness (QED) is 0.446. The van der Waals surface area contributed by atoms with Gasteiger partial charge in [-0.1, -0.05) is 25.2 Å². The molecule has 0 saturated heterocycles. The predicted octanol–water partition coefficient (Wildman–Crippen LogP) is 4.57. The largest absolute Gasteiger partial charge is 0.130 e. The van der Waals surface area contributed by atoms with Crippen molar-refractivity contribution < 1.29 is 0 Å². The molecule has 14 heavy (non-hydrogen) atoms. The minimum atomic E-state index is -1.18. The molecule has 0 bridgehead atoms. The number of halogens is 2. The van der Waals surface area contributed by atoms with Crippen LogP contribution in [0.2, 0.25) is 13.1 Å². The maximum atomic E-state index is 5.94. The van der Waals surface area contributed by atoms with E-state index in [1.165, 1.54) is 14.7 Å². The highest BCUT2D eigenvalue weighted by Crippen LogP contribution is 2.29. The van der Waals surface area contributed by atoms with Crippen LogP contribution in [0, 0.1) is 0 Å². The van der Waals surface area contributed by atoms with Crippen molar-refractivity contribution >= 4 is 47.4 Å². The van der Waals surface area contributed by atoms with Gasteiger partial charge in [0.15, 0.2) is 0 Å².